The Labute approximate surface area is 118 Å². The van der Waals surface area contributed by atoms with Crippen molar-refractivity contribution in [2.75, 3.05) is 12.8 Å². The summed E-state index contributed by atoms with van der Waals surface area (Å²) < 4.78 is 28.5. The molecule has 1 atom stereocenters. The highest BCUT2D eigenvalue weighted by molar-refractivity contribution is 7.90. The van der Waals surface area contributed by atoms with E-state index in [1.54, 1.807) is 24.5 Å². The summed E-state index contributed by atoms with van der Waals surface area (Å²) in [6.07, 6.45) is 4.23. The summed E-state index contributed by atoms with van der Waals surface area (Å²) in [7, 11) is -3.19. The van der Waals surface area contributed by atoms with Crippen LogP contribution in [0.15, 0.2) is 53.7 Å². The molecule has 106 valence electrons. The molecule has 20 heavy (non-hydrogen) atoms. The van der Waals surface area contributed by atoms with Gasteiger partial charge < -0.3 is 10.5 Å². The first-order valence-corrected chi connectivity index (χ1v) is 7.96. The molecule has 0 aliphatic carbocycles. The molecule has 0 bridgehead atoms. The average Bonchev–Trinajstić information content (AvgIpc) is 2.45. The minimum Gasteiger partial charge on any atom is -0.484 e. The zero-order chi connectivity index (χ0) is 14.6. The van der Waals surface area contributed by atoms with E-state index in [4.69, 9.17) is 10.5 Å². The second-order valence-corrected chi connectivity index (χ2v) is 6.38. The summed E-state index contributed by atoms with van der Waals surface area (Å²) in [4.78, 5) is 4.21. The molecule has 0 saturated carbocycles. The lowest BCUT2D eigenvalue weighted by Crippen LogP contribution is -2.18. The summed E-state index contributed by atoms with van der Waals surface area (Å²) in [5, 5.41) is 0. The van der Waals surface area contributed by atoms with Crippen molar-refractivity contribution in [3.05, 3.63) is 54.4 Å². The van der Waals surface area contributed by atoms with E-state index in [1.807, 2.05) is 12.1 Å². The van der Waals surface area contributed by atoms with E-state index in [2.05, 4.69) is 4.98 Å². The van der Waals surface area contributed by atoms with Crippen LogP contribution in [0.25, 0.3) is 0 Å². The molecule has 2 N–H and O–H groups in total. The molecule has 0 amide bonds. The van der Waals surface area contributed by atoms with E-state index in [0.717, 1.165) is 5.56 Å². The maximum absolute atomic E-state index is 11.4. The van der Waals surface area contributed by atoms with Crippen molar-refractivity contribution in [3.8, 4) is 5.75 Å². The number of sulfone groups is 1. The molecule has 1 aromatic carbocycles. The molecule has 2 rings (SSSR count). The summed E-state index contributed by atoms with van der Waals surface area (Å²) in [6, 6.07) is 9.96. The van der Waals surface area contributed by atoms with Gasteiger partial charge in [-0.05, 0) is 42.0 Å². The third-order valence-electron chi connectivity index (χ3n) is 2.82. The van der Waals surface area contributed by atoms with E-state index in [-0.39, 0.29) is 11.0 Å². The van der Waals surface area contributed by atoms with Crippen LogP contribution in [-0.4, -0.2) is 26.2 Å². The highest BCUT2D eigenvalue weighted by atomic mass is 32.2. The van der Waals surface area contributed by atoms with Gasteiger partial charge >= 0.3 is 0 Å². The second-order valence-electron chi connectivity index (χ2n) is 4.37. The molecule has 1 aromatic heterocycles. The third-order valence-corrected chi connectivity index (χ3v) is 3.95. The van der Waals surface area contributed by atoms with Crippen LogP contribution in [0.2, 0.25) is 0 Å². The molecule has 0 spiro atoms. The Hall–Kier alpha value is -1.92. The van der Waals surface area contributed by atoms with Crippen LogP contribution in [0.1, 0.15) is 11.7 Å². The number of pyridine rings is 1. The van der Waals surface area contributed by atoms with Gasteiger partial charge in [0.1, 0.15) is 11.9 Å². The summed E-state index contributed by atoms with van der Waals surface area (Å²) >= 11 is 0. The molecule has 0 radical (unpaired) electrons. The van der Waals surface area contributed by atoms with Crippen molar-refractivity contribution in [2.24, 2.45) is 5.73 Å². The Morgan fingerprint density at radius 2 is 1.75 bits per heavy atom. The average molecular weight is 292 g/mol. The molecule has 1 heterocycles. The lowest BCUT2D eigenvalue weighted by Gasteiger charge is -2.17. The zero-order valence-electron chi connectivity index (χ0n) is 11.1. The van der Waals surface area contributed by atoms with E-state index in [1.165, 1.54) is 18.4 Å². The van der Waals surface area contributed by atoms with Gasteiger partial charge in [-0.1, -0.05) is 0 Å². The van der Waals surface area contributed by atoms with Crippen LogP contribution >= 0.6 is 0 Å². The van der Waals surface area contributed by atoms with Gasteiger partial charge in [0.2, 0.25) is 0 Å². The number of aromatic nitrogens is 1. The van der Waals surface area contributed by atoms with Crippen LogP contribution < -0.4 is 10.5 Å². The molecule has 2 aromatic rings. The van der Waals surface area contributed by atoms with Crippen molar-refractivity contribution in [1.29, 1.82) is 0 Å². The highest BCUT2D eigenvalue weighted by Gasteiger charge is 2.12. The quantitative estimate of drug-likeness (QED) is 0.904. The first-order valence-electron chi connectivity index (χ1n) is 6.07. The Morgan fingerprint density at radius 3 is 2.25 bits per heavy atom. The van der Waals surface area contributed by atoms with Gasteiger partial charge in [0, 0.05) is 25.2 Å². The number of hydrogen-bond donors (Lipinski definition) is 1. The number of nitrogens with zero attached hydrogens (tertiary/aromatic N) is 1. The van der Waals surface area contributed by atoms with Crippen molar-refractivity contribution in [1.82, 2.24) is 4.98 Å². The molecule has 5 nitrogen and oxygen atoms in total. The van der Waals surface area contributed by atoms with Crippen molar-refractivity contribution in [3.63, 3.8) is 0 Å². The molecule has 0 aliphatic rings. The number of nitrogens with two attached hydrogens (primary N) is 1. The molecular formula is C14H16N2O3S. The lowest BCUT2D eigenvalue weighted by molar-refractivity contribution is 0.214. The molecule has 0 fully saturated rings. The van der Waals surface area contributed by atoms with Gasteiger partial charge in [0.15, 0.2) is 9.84 Å². The standard InChI is InChI=1S/C14H16N2O3S/c1-20(17,18)13-4-2-12(3-5-13)19-14(10-15)11-6-8-16-9-7-11/h2-9,14H,10,15H2,1H3. The topological polar surface area (TPSA) is 82.3 Å². The Bertz CT molecular complexity index is 655. The van der Waals surface area contributed by atoms with Gasteiger partial charge in [0.25, 0.3) is 0 Å². The van der Waals surface area contributed by atoms with Crippen molar-refractivity contribution < 1.29 is 13.2 Å². The summed E-state index contributed by atoms with van der Waals surface area (Å²) in [5.41, 5.74) is 6.64. The first-order chi connectivity index (χ1) is 9.50. The van der Waals surface area contributed by atoms with E-state index in [0.29, 0.717) is 12.3 Å². The molecule has 6 heteroatoms. The maximum atomic E-state index is 11.4. The summed E-state index contributed by atoms with van der Waals surface area (Å²) in [6.45, 7) is 0.317. The minimum absolute atomic E-state index is 0.262. The van der Waals surface area contributed by atoms with E-state index >= 15 is 0 Å². The Balaban J connectivity index is 2.17. The fraction of sp³-hybridized carbons (Fsp3) is 0.214. The van der Waals surface area contributed by atoms with Crippen LogP contribution in [0.4, 0.5) is 0 Å². The van der Waals surface area contributed by atoms with E-state index in [9.17, 15) is 8.42 Å². The highest BCUT2D eigenvalue weighted by Crippen LogP contribution is 2.22. The predicted octanol–water partition coefficient (Wildman–Crippen LogP) is 1.56. The zero-order valence-corrected chi connectivity index (χ0v) is 11.9. The lowest BCUT2D eigenvalue weighted by atomic mass is 10.1. The van der Waals surface area contributed by atoms with E-state index < -0.39 is 9.84 Å². The normalized spacial score (nSPS) is 12.9. The van der Waals surface area contributed by atoms with Gasteiger partial charge in [-0.3, -0.25) is 4.98 Å². The molecular weight excluding hydrogens is 276 g/mol. The third kappa shape index (κ3) is 3.55. The molecule has 0 aliphatic heterocycles. The number of ether oxygens (including phenoxy) is 1. The van der Waals surface area contributed by atoms with Crippen LogP contribution in [0, 0.1) is 0 Å². The SMILES string of the molecule is CS(=O)(=O)c1ccc(OC(CN)c2ccncc2)cc1. The summed E-state index contributed by atoms with van der Waals surface area (Å²) in [5.74, 6) is 0.574. The second kappa shape index (κ2) is 6.02. The largest absolute Gasteiger partial charge is 0.484 e. The number of rotatable bonds is 5. The Kier molecular flexibility index (Phi) is 4.36. The minimum atomic E-state index is -3.19. The van der Waals surface area contributed by atoms with Crippen molar-refractivity contribution >= 4 is 9.84 Å². The van der Waals surface area contributed by atoms with Gasteiger partial charge in [-0.2, -0.15) is 0 Å². The smallest absolute Gasteiger partial charge is 0.175 e. The Morgan fingerprint density at radius 1 is 1.15 bits per heavy atom. The predicted molar refractivity (Wildman–Crippen MR) is 76.2 cm³/mol. The monoisotopic (exact) mass is 292 g/mol. The molecule has 1 unspecified atom stereocenters. The van der Waals surface area contributed by atoms with Gasteiger partial charge in [-0.25, -0.2) is 8.42 Å². The molecule has 0 saturated heterocycles. The maximum Gasteiger partial charge on any atom is 0.175 e. The van der Waals surface area contributed by atoms with Crippen LogP contribution in [0.5, 0.6) is 5.75 Å². The van der Waals surface area contributed by atoms with Crippen LogP contribution in [-0.2, 0) is 9.84 Å². The number of benzene rings is 1. The number of hydrogen-bond acceptors (Lipinski definition) is 5. The van der Waals surface area contributed by atoms with Crippen LogP contribution in [0.3, 0.4) is 0 Å². The van der Waals surface area contributed by atoms with Gasteiger partial charge in [0.05, 0.1) is 4.90 Å². The van der Waals surface area contributed by atoms with Crippen molar-refractivity contribution in [2.45, 2.75) is 11.0 Å². The fourth-order valence-corrected chi connectivity index (χ4v) is 2.39. The fourth-order valence-electron chi connectivity index (χ4n) is 1.76. The first kappa shape index (κ1) is 14.5. The van der Waals surface area contributed by atoms with Gasteiger partial charge in [-0.15, -0.1) is 0 Å².